The van der Waals surface area contributed by atoms with E-state index in [-0.39, 0.29) is 16.9 Å². The number of hydrogen-bond donors (Lipinski definition) is 2. The highest BCUT2D eigenvalue weighted by Gasteiger charge is 2.20. The summed E-state index contributed by atoms with van der Waals surface area (Å²) in [4.78, 5) is 23.1. The number of sulfone groups is 1. The molecule has 0 aliphatic heterocycles. The summed E-state index contributed by atoms with van der Waals surface area (Å²) in [6.45, 7) is 3.50. The van der Waals surface area contributed by atoms with E-state index in [0.717, 1.165) is 6.26 Å². The minimum absolute atomic E-state index is 0.0977. The molecule has 1 amide bonds. The van der Waals surface area contributed by atoms with Crippen LogP contribution in [0.1, 0.15) is 23.2 Å². The van der Waals surface area contributed by atoms with E-state index in [9.17, 15) is 18.0 Å². The lowest BCUT2D eigenvalue weighted by Crippen LogP contribution is -2.40. The topological polar surface area (TPSA) is 101 Å². The van der Waals surface area contributed by atoms with Crippen molar-refractivity contribution < 1.29 is 23.1 Å². The van der Waals surface area contributed by atoms with Crippen LogP contribution in [0.2, 0.25) is 0 Å². The molecule has 1 unspecified atom stereocenters. The monoisotopic (exact) mass is 311 g/mol. The van der Waals surface area contributed by atoms with E-state index in [0.29, 0.717) is 6.42 Å². The summed E-state index contributed by atoms with van der Waals surface area (Å²) in [5, 5.41) is 11.4. The van der Waals surface area contributed by atoms with Gasteiger partial charge in [-0.25, -0.2) is 13.2 Å². The van der Waals surface area contributed by atoms with Gasteiger partial charge in [-0.2, -0.15) is 0 Å². The van der Waals surface area contributed by atoms with Crippen LogP contribution in [0.3, 0.4) is 0 Å². The number of rotatable bonds is 7. The van der Waals surface area contributed by atoms with Crippen molar-refractivity contribution in [3.05, 3.63) is 42.5 Å². The number of nitrogens with one attached hydrogen (secondary N) is 1. The number of carbonyl (C=O) groups excluding carboxylic acids is 1. The first-order chi connectivity index (χ1) is 9.75. The molecule has 2 N–H and O–H groups in total. The van der Waals surface area contributed by atoms with Crippen molar-refractivity contribution >= 4 is 21.7 Å². The molecule has 0 aliphatic rings. The molecule has 1 rings (SSSR count). The third-order valence-corrected chi connectivity index (χ3v) is 3.94. The molecule has 0 aromatic heterocycles. The maximum atomic E-state index is 11.9. The third-order valence-electron chi connectivity index (χ3n) is 2.81. The molecule has 0 spiro atoms. The van der Waals surface area contributed by atoms with E-state index < -0.39 is 27.8 Å². The van der Waals surface area contributed by atoms with Gasteiger partial charge in [0, 0.05) is 11.8 Å². The number of allylic oxidation sites excluding steroid dienone is 1. The molecule has 0 saturated carbocycles. The molecular formula is C14H17NO5S. The van der Waals surface area contributed by atoms with E-state index in [2.05, 4.69) is 11.9 Å². The van der Waals surface area contributed by atoms with Gasteiger partial charge in [0.05, 0.1) is 4.90 Å². The van der Waals surface area contributed by atoms with Crippen LogP contribution in [0.15, 0.2) is 41.8 Å². The van der Waals surface area contributed by atoms with Gasteiger partial charge in [0.1, 0.15) is 6.04 Å². The average molecular weight is 311 g/mol. The molecule has 7 heteroatoms. The minimum atomic E-state index is -3.33. The van der Waals surface area contributed by atoms with Gasteiger partial charge < -0.3 is 10.4 Å². The van der Waals surface area contributed by atoms with Crippen molar-refractivity contribution in [3.8, 4) is 0 Å². The Kier molecular flexibility index (Phi) is 5.66. The van der Waals surface area contributed by atoms with Crippen molar-refractivity contribution in [1.29, 1.82) is 0 Å². The van der Waals surface area contributed by atoms with Gasteiger partial charge in [0.15, 0.2) is 9.84 Å². The van der Waals surface area contributed by atoms with Crippen LogP contribution in [0, 0.1) is 0 Å². The second kappa shape index (κ2) is 7.03. The van der Waals surface area contributed by atoms with Crippen molar-refractivity contribution in [1.82, 2.24) is 5.32 Å². The molecule has 114 valence electrons. The third kappa shape index (κ3) is 5.03. The highest BCUT2D eigenvalue weighted by atomic mass is 32.2. The van der Waals surface area contributed by atoms with E-state index in [4.69, 9.17) is 5.11 Å². The van der Waals surface area contributed by atoms with Gasteiger partial charge in [-0.15, -0.1) is 6.58 Å². The zero-order valence-corrected chi connectivity index (χ0v) is 12.4. The zero-order chi connectivity index (χ0) is 16.0. The maximum Gasteiger partial charge on any atom is 0.326 e. The number of amides is 1. The van der Waals surface area contributed by atoms with E-state index in [1.165, 1.54) is 24.3 Å². The molecule has 1 aromatic rings. The smallest absolute Gasteiger partial charge is 0.326 e. The number of aliphatic carboxylic acids is 1. The SMILES string of the molecule is C=CCCC(NC(=O)c1ccc(S(C)(=O)=O)cc1)C(=O)O. The molecule has 21 heavy (non-hydrogen) atoms. The molecule has 6 nitrogen and oxygen atoms in total. The summed E-state index contributed by atoms with van der Waals surface area (Å²) in [5.74, 6) is -1.69. The first-order valence-electron chi connectivity index (χ1n) is 6.20. The second-order valence-corrected chi connectivity index (χ2v) is 6.54. The summed E-state index contributed by atoms with van der Waals surface area (Å²) >= 11 is 0. The fourth-order valence-electron chi connectivity index (χ4n) is 1.64. The standard InChI is InChI=1S/C14H17NO5S/c1-3-4-5-12(14(17)18)15-13(16)10-6-8-11(9-7-10)21(2,19)20/h3,6-9,12H,1,4-5H2,2H3,(H,15,16)(H,17,18). The Hall–Kier alpha value is -2.15. The van der Waals surface area contributed by atoms with Crippen molar-refractivity contribution in [2.75, 3.05) is 6.26 Å². The summed E-state index contributed by atoms with van der Waals surface area (Å²) in [6, 6.07) is 4.30. The number of benzene rings is 1. The van der Waals surface area contributed by atoms with Crippen LogP contribution >= 0.6 is 0 Å². The Bertz CT molecular complexity index is 634. The van der Waals surface area contributed by atoms with E-state index in [1.807, 2.05) is 0 Å². The van der Waals surface area contributed by atoms with Crippen LogP contribution in [0.25, 0.3) is 0 Å². The second-order valence-electron chi connectivity index (χ2n) is 4.53. The molecule has 1 atom stereocenters. The van der Waals surface area contributed by atoms with Crippen molar-refractivity contribution in [2.24, 2.45) is 0 Å². The molecular weight excluding hydrogens is 294 g/mol. The van der Waals surface area contributed by atoms with E-state index in [1.54, 1.807) is 6.08 Å². The number of hydrogen-bond acceptors (Lipinski definition) is 4. The highest BCUT2D eigenvalue weighted by molar-refractivity contribution is 7.90. The summed E-state index contributed by atoms with van der Waals surface area (Å²) in [5.41, 5.74) is 0.201. The van der Waals surface area contributed by atoms with Crippen LogP contribution in [-0.4, -0.2) is 37.7 Å². The van der Waals surface area contributed by atoms with E-state index >= 15 is 0 Å². The highest BCUT2D eigenvalue weighted by Crippen LogP contribution is 2.11. The predicted molar refractivity (Wildman–Crippen MR) is 77.9 cm³/mol. The Morgan fingerprint density at radius 1 is 1.33 bits per heavy atom. The summed E-state index contributed by atoms with van der Waals surface area (Å²) in [6.07, 6.45) is 3.34. The predicted octanol–water partition coefficient (Wildman–Crippen LogP) is 1.24. The fraction of sp³-hybridized carbons (Fsp3) is 0.286. The van der Waals surface area contributed by atoms with Crippen LogP contribution in [0.5, 0.6) is 0 Å². The molecule has 0 bridgehead atoms. The Morgan fingerprint density at radius 2 is 1.90 bits per heavy atom. The number of carbonyl (C=O) groups is 2. The van der Waals surface area contributed by atoms with Gasteiger partial charge >= 0.3 is 5.97 Å². The van der Waals surface area contributed by atoms with Gasteiger partial charge in [0.2, 0.25) is 0 Å². The number of carboxylic acid groups (broad SMARTS) is 1. The molecule has 0 aliphatic carbocycles. The van der Waals surface area contributed by atoms with Gasteiger partial charge in [-0.05, 0) is 37.1 Å². The largest absolute Gasteiger partial charge is 0.480 e. The molecule has 1 aromatic carbocycles. The van der Waals surface area contributed by atoms with Gasteiger partial charge in [-0.3, -0.25) is 4.79 Å². The lowest BCUT2D eigenvalue weighted by Gasteiger charge is -2.13. The Balaban J connectivity index is 2.83. The van der Waals surface area contributed by atoms with Crippen LogP contribution in [-0.2, 0) is 14.6 Å². The van der Waals surface area contributed by atoms with Crippen molar-refractivity contribution in [2.45, 2.75) is 23.8 Å². The Labute approximate surface area is 123 Å². The maximum absolute atomic E-state index is 11.9. The fourth-order valence-corrected chi connectivity index (χ4v) is 2.27. The lowest BCUT2D eigenvalue weighted by molar-refractivity contribution is -0.139. The Morgan fingerprint density at radius 3 is 2.33 bits per heavy atom. The summed E-state index contributed by atoms with van der Waals surface area (Å²) < 4.78 is 22.6. The lowest BCUT2D eigenvalue weighted by atomic mass is 10.1. The van der Waals surface area contributed by atoms with Gasteiger partial charge in [0.25, 0.3) is 5.91 Å². The zero-order valence-electron chi connectivity index (χ0n) is 11.6. The van der Waals surface area contributed by atoms with Gasteiger partial charge in [-0.1, -0.05) is 6.08 Å². The van der Waals surface area contributed by atoms with Crippen LogP contribution in [0.4, 0.5) is 0 Å². The molecule has 0 saturated heterocycles. The molecule has 0 fully saturated rings. The average Bonchev–Trinajstić information content (AvgIpc) is 2.42. The molecule has 0 radical (unpaired) electrons. The minimum Gasteiger partial charge on any atom is -0.480 e. The van der Waals surface area contributed by atoms with Crippen LogP contribution < -0.4 is 5.32 Å². The first-order valence-corrected chi connectivity index (χ1v) is 8.09. The first kappa shape index (κ1) is 16.9. The molecule has 0 heterocycles. The summed E-state index contributed by atoms with van der Waals surface area (Å²) in [7, 11) is -3.33. The van der Waals surface area contributed by atoms with Crippen molar-refractivity contribution in [3.63, 3.8) is 0 Å². The number of carboxylic acids is 1. The quantitative estimate of drug-likeness (QED) is 0.738. The normalized spacial score (nSPS) is 12.4.